The van der Waals surface area contributed by atoms with E-state index in [1.54, 1.807) is 31.5 Å². The van der Waals surface area contributed by atoms with E-state index in [-0.39, 0.29) is 24.1 Å². The molecule has 0 saturated heterocycles. The van der Waals surface area contributed by atoms with Gasteiger partial charge in [0, 0.05) is 28.9 Å². The summed E-state index contributed by atoms with van der Waals surface area (Å²) in [5.41, 5.74) is 5.57. The van der Waals surface area contributed by atoms with Crippen LogP contribution in [0.15, 0.2) is 97.3 Å². The number of nitrogens with one attached hydrogen (secondary N) is 2. The van der Waals surface area contributed by atoms with Crippen molar-refractivity contribution in [2.75, 3.05) is 7.11 Å². The third-order valence-electron chi connectivity index (χ3n) is 6.29. The second-order valence-electron chi connectivity index (χ2n) is 8.70. The van der Waals surface area contributed by atoms with Crippen LogP contribution in [0.3, 0.4) is 0 Å². The Kier molecular flexibility index (Phi) is 6.67. The summed E-state index contributed by atoms with van der Waals surface area (Å²) in [6.07, 6.45) is 4.36. The van der Waals surface area contributed by atoms with Crippen LogP contribution in [0, 0.1) is 0 Å². The summed E-state index contributed by atoms with van der Waals surface area (Å²) >= 11 is 0. The van der Waals surface area contributed by atoms with Crippen LogP contribution in [0.4, 0.5) is 0 Å². The number of hydrogen-bond donors (Lipinski definition) is 3. The first kappa shape index (κ1) is 23.2. The molecular formula is C30H27N3O3. The lowest BCUT2D eigenvalue weighted by molar-refractivity contribution is -0.121. The molecule has 0 bridgehead atoms. The normalized spacial score (nSPS) is 11.8. The molecule has 0 spiro atoms. The van der Waals surface area contributed by atoms with Crippen molar-refractivity contribution in [3.8, 4) is 22.6 Å². The molecule has 5 rings (SSSR count). The van der Waals surface area contributed by atoms with E-state index in [9.17, 15) is 9.90 Å². The van der Waals surface area contributed by atoms with E-state index in [0.717, 1.165) is 44.6 Å². The van der Waals surface area contributed by atoms with Crippen molar-refractivity contribution < 1.29 is 14.6 Å². The zero-order chi connectivity index (χ0) is 24.9. The van der Waals surface area contributed by atoms with Gasteiger partial charge in [-0.05, 0) is 59.5 Å². The zero-order valence-electron chi connectivity index (χ0n) is 19.9. The lowest BCUT2D eigenvalue weighted by Gasteiger charge is -2.21. The molecule has 3 N–H and O–H groups in total. The van der Waals surface area contributed by atoms with Crippen molar-refractivity contribution in [1.82, 2.24) is 15.3 Å². The highest BCUT2D eigenvalue weighted by Gasteiger charge is 2.21. The number of amides is 1. The number of ether oxygens (including phenoxy) is 1. The van der Waals surface area contributed by atoms with E-state index >= 15 is 0 Å². The Morgan fingerprint density at radius 3 is 2.61 bits per heavy atom. The number of carbonyl (C=O) groups is 1. The number of pyridine rings is 1. The van der Waals surface area contributed by atoms with Gasteiger partial charge in [0.25, 0.3) is 0 Å². The molecular weight excluding hydrogens is 450 g/mol. The Balaban J connectivity index is 1.46. The predicted octanol–water partition coefficient (Wildman–Crippen LogP) is 5.59. The number of aromatic hydroxyl groups is 1. The minimum absolute atomic E-state index is 0.119. The van der Waals surface area contributed by atoms with Crippen LogP contribution in [0.5, 0.6) is 11.5 Å². The zero-order valence-corrected chi connectivity index (χ0v) is 19.9. The number of fused-ring (bicyclic) bond motifs is 1. The van der Waals surface area contributed by atoms with Crippen molar-refractivity contribution in [2.45, 2.75) is 18.9 Å². The number of nitrogens with zero attached hydrogens (tertiary/aromatic N) is 1. The van der Waals surface area contributed by atoms with Gasteiger partial charge in [0.05, 0.1) is 25.3 Å². The van der Waals surface area contributed by atoms with Crippen molar-refractivity contribution in [2.24, 2.45) is 0 Å². The smallest absolute Gasteiger partial charge is 0.225 e. The third kappa shape index (κ3) is 5.08. The third-order valence-corrected chi connectivity index (χ3v) is 6.29. The highest BCUT2D eigenvalue weighted by atomic mass is 16.5. The monoisotopic (exact) mass is 477 g/mol. The molecule has 1 atom stereocenters. The van der Waals surface area contributed by atoms with Gasteiger partial charge in [-0.1, -0.05) is 48.5 Å². The van der Waals surface area contributed by atoms with Gasteiger partial charge in [-0.2, -0.15) is 0 Å². The Morgan fingerprint density at radius 2 is 1.83 bits per heavy atom. The number of rotatable bonds is 8. The maximum Gasteiger partial charge on any atom is 0.225 e. The average molecular weight is 478 g/mol. The lowest BCUT2D eigenvalue weighted by atomic mass is 9.95. The van der Waals surface area contributed by atoms with Gasteiger partial charge in [-0.3, -0.25) is 9.78 Å². The number of carbonyl (C=O) groups excluding carboxylic acids is 1. The van der Waals surface area contributed by atoms with E-state index in [4.69, 9.17) is 9.72 Å². The molecule has 0 aliphatic rings. The first-order valence-electron chi connectivity index (χ1n) is 11.8. The maximum absolute atomic E-state index is 13.3. The first-order valence-corrected chi connectivity index (χ1v) is 11.8. The molecule has 36 heavy (non-hydrogen) atoms. The van der Waals surface area contributed by atoms with Gasteiger partial charge in [0.2, 0.25) is 5.91 Å². The SMILES string of the molecule is COc1ccc(-c2cccnc2C(Cc2ccccc2)NC(=O)Cc2c[nH]c3ccc(O)cc23)cc1. The van der Waals surface area contributed by atoms with Gasteiger partial charge in [0.15, 0.2) is 0 Å². The number of methoxy groups -OCH3 is 1. The molecule has 6 heteroatoms. The molecule has 5 aromatic rings. The summed E-state index contributed by atoms with van der Waals surface area (Å²) in [7, 11) is 1.64. The maximum atomic E-state index is 13.3. The average Bonchev–Trinajstić information content (AvgIpc) is 3.30. The van der Waals surface area contributed by atoms with Crippen molar-refractivity contribution in [3.63, 3.8) is 0 Å². The number of aromatic nitrogens is 2. The summed E-state index contributed by atoms with van der Waals surface area (Å²) in [5, 5.41) is 14.0. The molecule has 6 nitrogen and oxygen atoms in total. The minimum atomic E-state index is -0.336. The van der Waals surface area contributed by atoms with Gasteiger partial charge < -0.3 is 20.1 Å². The fourth-order valence-corrected chi connectivity index (χ4v) is 4.51. The summed E-state index contributed by atoms with van der Waals surface area (Å²) < 4.78 is 5.31. The van der Waals surface area contributed by atoms with E-state index in [1.807, 2.05) is 60.8 Å². The minimum Gasteiger partial charge on any atom is -0.508 e. The fraction of sp³-hybridized carbons (Fsp3) is 0.133. The van der Waals surface area contributed by atoms with E-state index in [2.05, 4.69) is 22.4 Å². The molecule has 1 unspecified atom stereocenters. The molecule has 0 aliphatic heterocycles. The van der Waals surface area contributed by atoms with Crippen molar-refractivity contribution in [1.29, 1.82) is 0 Å². The summed E-state index contributed by atoms with van der Waals surface area (Å²) in [6.45, 7) is 0. The van der Waals surface area contributed by atoms with Crippen LogP contribution < -0.4 is 10.1 Å². The largest absolute Gasteiger partial charge is 0.508 e. The molecule has 2 heterocycles. The summed E-state index contributed by atoms with van der Waals surface area (Å²) in [5.74, 6) is 0.831. The number of hydrogen-bond acceptors (Lipinski definition) is 4. The standard InChI is InChI=1S/C30H27N3O3/c1-36-24-12-9-21(10-13-24)25-8-5-15-31-30(25)28(16-20-6-3-2-4-7-20)33-29(35)17-22-19-32-27-14-11-23(34)18-26(22)27/h2-15,18-19,28,32,34H,16-17H2,1H3,(H,33,35). The molecule has 0 saturated carbocycles. The number of phenolic OH excluding ortho intramolecular Hbond substituents is 1. The van der Waals surface area contributed by atoms with Crippen LogP contribution in [0.25, 0.3) is 22.0 Å². The van der Waals surface area contributed by atoms with Crippen LogP contribution >= 0.6 is 0 Å². The molecule has 0 fully saturated rings. The molecule has 3 aromatic carbocycles. The highest BCUT2D eigenvalue weighted by molar-refractivity contribution is 5.90. The predicted molar refractivity (Wildman–Crippen MR) is 141 cm³/mol. The lowest BCUT2D eigenvalue weighted by Crippen LogP contribution is -2.32. The quantitative estimate of drug-likeness (QED) is 0.272. The summed E-state index contributed by atoms with van der Waals surface area (Å²) in [4.78, 5) is 21.2. The van der Waals surface area contributed by atoms with Crippen molar-refractivity contribution >= 4 is 16.8 Å². The Bertz CT molecular complexity index is 1480. The van der Waals surface area contributed by atoms with E-state index in [0.29, 0.717) is 6.42 Å². The van der Waals surface area contributed by atoms with Crippen LogP contribution in [-0.2, 0) is 17.6 Å². The second kappa shape index (κ2) is 10.4. The number of aromatic amines is 1. The van der Waals surface area contributed by atoms with Crippen LogP contribution in [0.1, 0.15) is 22.9 Å². The van der Waals surface area contributed by atoms with E-state index in [1.165, 1.54) is 0 Å². The highest BCUT2D eigenvalue weighted by Crippen LogP contribution is 2.30. The molecule has 0 aliphatic carbocycles. The van der Waals surface area contributed by atoms with Gasteiger partial charge >= 0.3 is 0 Å². The summed E-state index contributed by atoms with van der Waals surface area (Å²) in [6, 6.07) is 26.6. The van der Waals surface area contributed by atoms with Crippen molar-refractivity contribution in [3.05, 3.63) is 114 Å². The Hall–Kier alpha value is -4.58. The number of H-pyrrole nitrogens is 1. The Morgan fingerprint density at radius 1 is 1.03 bits per heavy atom. The van der Waals surface area contributed by atoms with Gasteiger partial charge in [-0.25, -0.2) is 0 Å². The molecule has 0 radical (unpaired) electrons. The number of benzene rings is 3. The topological polar surface area (TPSA) is 87.2 Å². The first-order chi connectivity index (χ1) is 17.6. The van der Waals surface area contributed by atoms with Crippen LogP contribution in [0.2, 0.25) is 0 Å². The second-order valence-corrected chi connectivity index (χ2v) is 8.70. The van der Waals surface area contributed by atoms with Gasteiger partial charge in [0.1, 0.15) is 11.5 Å². The van der Waals surface area contributed by atoms with Gasteiger partial charge in [-0.15, -0.1) is 0 Å². The molecule has 180 valence electrons. The molecule has 1 amide bonds. The fourth-order valence-electron chi connectivity index (χ4n) is 4.51. The van der Waals surface area contributed by atoms with Crippen LogP contribution in [-0.4, -0.2) is 28.1 Å². The Labute approximate surface area is 209 Å². The number of phenols is 1. The molecule has 2 aromatic heterocycles. The van der Waals surface area contributed by atoms with E-state index < -0.39 is 0 Å².